The van der Waals surface area contributed by atoms with Crippen LogP contribution in [0.3, 0.4) is 0 Å². The molecule has 8 heteroatoms. The van der Waals surface area contributed by atoms with Gasteiger partial charge in [0.15, 0.2) is 0 Å². The molecule has 2 aromatic carbocycles. The van der Waals surface area contributed by atoms with E-state index in [0.717, 1.165) is 4.31 Å². The zero-order chi connectivity index (χ0) is 20.0. The molecule has 0 bridgehead atoms. The summed E-state index contributed by atoms with van der Waals surface area (Å²) in [7, 11) is -2.88. The van der Waals surface area contributed by atoms with Crippen LogP contribution in [0.1, 0.15) is 18.5 Å². The summed E-state index contributed by atoms with van der Waals surface area (Å²) in [4.78, 5) is 11.6. The van der Waals surface area contributed by atoms with Gasteiger partial charge >= 0.3 is 5.97 Å². The third-order valence-corrected chi connectivity index (χ3v) is 5.63. The van der Waals surface area contributed by atoms with E-state index < -0.39 is 22.0 Å². The van der Waals surface area contributed by atoms with E-state index in [0.29, 0.717) is 5.75 Å². The van der Waals surface area contributed by atoms with Gasteiger partial charge in [-0.2, -0.15) is 4.31 Å². The number of carboxylic acids is 1. The van der Waals surface area contributed by atoms with Crippen molar-refractivity contribution in [2.45, 2.75) is 17.9 Å². The van der Waals surface area contributed by atoms with Gasteiger partial charge in [0.25, 0.3) is 0 Å². The molecule has 1 atom stereocenters. The topological polar surface area (TPSA) is 104 Å². The summed E-state index contributed by atoms with van der Waals surface area (Å²) in [6, 6.07) is 9.55. The van der Waals surface area contributed by atoms with Gasteiger partial charge < -0.3 is 14.9 Å². The number of ether oxygens (including phenoxy) is 1. The molecule has 1 unspecified atom stereocenters. The number of phenolic OH excluding ortho intramolecular Hbond substituents is 1. The maximum absolute atomic E-state index is 12.8. The second-order valence-electron chi connectivity index (χ2n) is 5.54. The van der Waals surface area contributed by atoms with E-state index in [1.807, 2.05) is 0 Å². The van der Waals surface area contributed by atoms with Crippen molar-refractivity contribution in [2.24, 2.45) is 0 Å². The first-order valence-corrected chi connectivity index (χ1v) is 9.33. The number of carbonyl (C=O) groups is 1. The predicted octanol–water partition coefficient (Wildman–Crippen LogP) is 2.24. The fraction of sp³-hybridized carbons (Fsp3) is 0.211. The van der Waals surface area contributed by atoms with Gasteiger partial charge in [0, 0.05) is 7.05 Å². The zero-order valence-corrected chi connectivity index (χ0v) is 15.6. The minimum Gasteiger partial charge on any atom is -0.508 e. The zero-order valence-electron chi connectivity index (χ0n) is 14.8. The number of likely N-dealkylation sites (N-methyl/N-ethyl adjacent to an activating group) is 1. The first-order valence-electron chi connectivity index (χ1n) is 7.89. The number of hydrogen-bond acceptors (Lipinski definition) is 5. The van der Waals surface area contributed by atoms with Gasteiger partial charge in [-0.15, -0.1) is 5.92 Å². The normalized spacial score (nSPS) is 12.1. The van der Waals surface area contributed by atoms with Crippen LogP contribution in [0, 0.1) is 11.8 Å². The number of carboxylic acid groups (broad SMARTS) is 1. The lowest BCUT2D eigenvalue weighted by molar-refractivity contribution is -0.141. The summed E-state index contributed by atoms with van der Waals surface area (Å²) in [5.41, 5.74) is 0.226. The highest BCUT2D eigenvalue weighted by atomic mass is 32.2. The van der Waals surface area contributed by atoms with Crippen LogP contribution < -0.4 is 4.74 Å². The Balaban J connectivity index is 2.30. The number of benzene rings is 2. The summed E-state index contributed by atoms with van der Waals surface area (Å²) in [5, 5.41) is 18.9. The molecule has 7 nitrogen and oxygen atoms in total. The van der Waals surface area contributed by atoms with E-state index in [1.165, 1.54) is 55.6 Å². The van der Waals surface area contributed by atoms with Crippen molar-refractivity contribution in [3.63, 3.8) is 0 Å². The van der Waals surface area contributed by atoms with Crippen LogP contribution in [0.2, 0.25) is 0 Å². The van der Waals surface area contributed by atoms with Gasteiger partial charge in [0.2, 0.25) is 10.0 Å². The highest BCUT2D eigenvalue weighted by molar-refractivity contribution is 7.89. The first-order chi connectivity index (χ1) is 12.8. The van der Waals surface area contributed by atoms with Crippen LogP contribution in [0.5, 0.6) is 11.5 Å². The molecule has 2 aromatic rings. The van der Waals surface area contributed by atoms with E-state index in [-0.39, 0.29) is 22.8 Å². The molecule has 0 spiro atoms. The second kappa shape index (κ2) is 8.58. The lowest BCUT2D eigenvalue weighted by atomic mass is 10.1. The maximum atomic E-state index is 12.8. The van der Waals surface area contributed by atoms with Gasteiger partial charge in [-0.05, 0) is 48.9 Å². The SMILES string of the molecule is CC#CCOc1ccc(S(=O)(=O)N(C)C(C(=O)O)c2ccc(O)cc2)cc1. The number of hydrogen-bond donors (Lipinski definition) is 2. The Bertz CT molecular complexity index is 956. The molecule has 0 heterocycles. The van der Waals surface area contributed by atoms with Gasteiger partial charge in [0.1, 0.15) is 24.1 Å². The molecule has 2 rings (SSSR count). The maximum Gasteiger partial charge on any atom is 0.326 e. The third kappa shape index (κ3) is 4.78. The molecule has 0 radical (unpaired) electrons. The first kappa shape index (κ1) is 20.3. The van der Waals surface area contributed by atoms with Crippen LogP contribution in [0.25, 0.3) is 0 Å². The molecule has 0 aliphatic carbocycles. The molecular formula is C19H19NO6S. The molecule has 0 fully saturated rings. The Kier molecular flexibility index (Phi) is 6.45. The standard InChI is InChI=1S/C19H19NO6S/c1-3-4-13-26-16-9-11-17(12-10-16)27(24,25)20(2)18(19(22)23)14-5-7-15(21)8-6-14/h5-12,18,21H,13H2,1-2H3,(H,22,23). The lowest BCUT2D eigenvalue weighted by Gasteiger charge is -2.24. The van der Waals surface area contributed by atoms with Crippen molar-refractivity contribution in [1.82, 2.24) is 4.31 Å². The van der Waals surface area contributed by atoms with Crippen LogP contribution in [0.15, 0.2) is 53.4 Å². The highest BCUT2D eigenvalue weighted by Crippen LogP contribution is 2.28. The predicted molar refractivity (Wildman–Crippen MR) is 98.8 cm³/mol. The summed E-state index contributed by atoms with van der Waals surface area (Å²) < 4.78 is 31.8. The largest absolute Gasteiger partial charge is 0.508 e. The Labute approximate surface area is 157 Å². The molecule has 0 aromatic heterocycles. The third-order valence-electron chi connectivity index (χ3n) is 3.79. The quantitative estimate of drug-likeness (QED) is 0.704. The van der Waals surface area contributed by atoms with E-state index in [9.17, 15) is 23.4 Å². The molecule has 2 N–H and O–H groups in total. The van der Waals surface area contributed by atoms with E-state index >= 15 is 0 Å². The van der Waals surface area contributed by atoms with Crippen molar-refractivity contribution in [3.8, 4) is 23.3 Å². The van der Waals surface area contributed by atoms with Crippen molar-refractivity contribution in [3.05, 3.63) is 54.1 Å². The number of aliphatic carboxylic acids is 1. The number of phenols is 1. The Morgan fingerprint density at radius 1 is 1.15 bits per heavy atom. The number of aromatic hydroxyl groups is 1. The minimum atomic E-state index is -4.08. The molecular weight excluding hydrogens is 370 g/mol. The van der Waals surface area contributed by atoms with E-state index in [1.54, 1.807) is 6.92 Å². The van der Waals surface area contributed by atoms with Crippen molar-refractivity contribution in [2.75, 3.05) is 13.7 Å². The lowest BCUT2D eigenvalue weighted by Crippen LogP contribution is -2.35. The van der Waals surface area contributed by atoms with Crippen LogP contribution in [-0.2, 0) is 14.8 Å². The second-order valence-corrected chi connectivity index (χ2v) is 7.54. The van der Waals surface area contributed by atoms with Gasteiger partial charge in [-0.1, -0.05) is 18.1 Å². The Hall–Kier alpha value is -3.02. The van der Waals surface area contributed by atoms with Gasteiger partial charge in [-0.25, -0.2) is 8.42 Å². The monoisotopic (exact) mass is 389 g/mol. The molecule has 0 saturated heterocycles. The number of sulfonamides is 1. The summed E-state index contributed by atoms with van der Waals surface area (Å²) in [6.45, 7) is 1.87. The summed E-state index contributed by atoms with van der Waals surface area (Å²) in [6.07, 6.45) is 0. The molecule has 0 amide bonds. The smallest absolute Gasteiger partial charge is 0.326 e. The van der Waals surface area contributed by atoms with Gasteiger partial charge in [-0.3, -0.25) is 4.79 Å². The van der Waals surface area contributed by atoms with Crippen molar-refractivity contribution in [1.29, 1.82) is 0 Å². The molecule has 0 saturated carbocycles. The summed E-state index contributed by atoms with van der Waals surface area (Å²) >= 11 is 0. The van der Waals surface area contributed by atoms with Crippen molar-refractivity contribution >= 4 is 16.0 Å². The number of rotatable bonds is 7. The molecule has 142 valence electrons. The summed E-state index contributed by atoms with van der Waals surface area (Å²) in [5.74, 6) is 4.49. The van der Waals surface area contributed by atoms with Crippen LogP contribution >= 0.6 is 0 Å². The average Bonchev–Trinajstić information content (AvgIpc) is 2.64. The molecule has 0 aliphatic heterocycles. The fourth-order valence-electron chi connectivity index (χ4n) is 2.37. The van der Waals surface area contributed by atoms with Crippen LogP contribution in [-0.4, -0.2) is 42.6 Å². The van der Waals surface area contributed by atoms with Crippen molar-refractivity contribution < 1.29 is 28.2 Å². The van der Waals surface area contributed by atoms with E-state index in [2.05, 4.69) is 11.8 Å². The average molecular weight is 389 g/mol. The van der Waals surface area contributed by atoms with E-state index in [4.69, 9.17) is 4.74 Å². The molecule has 0 aliphatic rings. The van der Waals surface area contributed by atoms with Crippen LogP contribution in [0.4, 0.5) is 0 Å². The number of nitrogens with zero attached hydrogens (tertiary/aromatic N) is 1. The molecule has 27 heavy (non-hydrogen) atoms. The highest BCUT2D eigenvalue weighted by Gasteiger charge is 2.34. The fourth-order valence-corrected chi connectivity index (χ4v) is 3.67. The van der Waals surface area contributed by atoms with Gasteiger partial charge in [0.05, 0.1) is 4.90 Å². The minimum absolute atomic E-state index is 0.0447. The Morgan fingerprint density at radius 2 is 1.74 bits per heavy atom. The Morgan fingerprint density at radius 3 is 2.26 bits per heavy atom.